The van der Waals surface area contributed by atoms with Crippen molar-refractivity contribution in [2.75, 3.05) is 6.61 Å². The van der Waals surface area contributed by atoms with Gasteiger partial charge in [0, 0.05) is 12.5 Å². The topological polar surface area (TPSA) is 78.4 Å². The van der Waals surface area contributed by atoms with Crippen molar-refractivity contribution < 1.29 is 9.66 Å². The van der Waals surface area contributed by atoms with Gasteiger partial charge < -0.3 is 10.5 Å². The quantitative estimate of drug-likeness (QED) is 0.638. The van der Waals surface area contributed by atoms with Crippen LogP contribution in [0.2, 0.25) is 10.0 Å². The molecule has 1 heterocycles. The number of nitro benzene ring substituents is 1. The Kier molecular flexibility index (Phi) is 4.43. The van der Waals surface area contributed by atoms with Crippen LogP contribution in [-0.2, 0) is 0 Å². The van der Waals surface area contributed by atoms with E-state index in [4.69, 9.17) is 33.7 Å². The maximum atomic E-state index is 10.9. The van der Waals surface area contributed by atoms with Gasteiger partial charge in [-0.2, -0.15) is 0 Å². The number of rotatable bonds is 1. The van der Waals surface area contributed by atoms with E-state index in [1.54, 1.807) is 0 Å². The Bertz CT molecular complexity index is 467. The van der Waals surface area contributed by atoms with Gasteiger partial charge in [0.2, 0.25) is 0 Å². The molecule has 0 saturated carbocycles. The predicted octanol–water partition coefficient (Wildman–Crippen LogP) is 3.11. The Morgan fingerprint density at radius 1 is 1.47 bits per heavy atom. The molecule has 8 heteroatoms. The van der Waals surface area contributed by atoms with E-state index in [9.17, 15) is 10.1 Å². The highest BCUT2D eigenvalue weighted by atomic mass is 35.5. The second kappa shape index (κ2) is 5.27. The second-order valence-corrected chi connectivity index (χ2v) is 4.25. The first-order chi connectivity index (χ1) is 7.52. The average Bonchev–Trinajstić information content (AvgIpc) is 2.19. The van der Waals surface area contributed by atoms with Crippen LogP contribution in [0.3, 0.4) is 0 Å². The van der Waals surface area contributed by atoms with Crippen molar-refractivity contribution in [1.82, 2.24) is 0 Å². The normalized spacial score (nSPS) is 17.7. The monoisotopic (exact) mass is 298 g/mol. The van der Waals surface area contributed by atoms with Gasteiger partial charge in [-0.15, -0.1) is 12.4 Å². The van der Waals surface area contributed by atoms with Crippen molar-refractivity contribution in [3.05, 3.63) is 31.8 Å². The molecule has 0 bridgehead atoms. The lowest BCUT2D eigenvalue weighted by Crippen LogP contribution is -2.22. The van der Waals surface area contributed by atoms with Crippen LogP contribution in [0.5, 0.6) is 5.75 Å². The van der Waals surface area contributed by atoms with Crippen molar-refractivity contribution in [1.29, 1.82) is 0 Å². The lowest BCUT2D eigenvalue weighted by atomic mass is 9.99. The second-order valence-electron chi connectivity index (χ2n) is 3.43. The zero-order valence-corrected chi connectivity index (χ0v) is 10.8. The largest absolute Gasteiger partial charge is 0.491 e. The van der Waals surface area contributed by atoms with Crippen LogP contribution in [0.25, 0.3) is 0 Å². The summed E-state index contributed by atoms with van der Waals surface area (Å²) in [6, 6.07) is 0.832. The van der Waals surface area contributed by atoms with E-state index in [0.29, 0.717) is 13.0 Å². The van der Waals surface area contributed by atoms with Gasteiger partial charge >= 0.3 is 0 Å². The molecule has 94 valence electrons. The lowest BCUT2D eigenvalue weighted by Gasteiger charge is -2.23. The van der Waals surface area contributed by atoms with E-state index in [2.05, 4.69) is 0 Å². The summed E-state index contributed by atoms with van der Waals surface area (Å²) in [4.78, 5) is 10.4. The Hall–Kier alpha value is -0.750. The first kappa shape index (κ1) is 14.3. The first-order valence-corrected chi connectivity index (χ1v) is 5.32. The molecule has 1 atom stereocenters. The summed E-state index contributed by atoms with van der Waals surface area (Å²) in [6.45, 7) is 0.396. The Morgan fingerprint density at radius 3 is 2.71 bits per heavy atom. The summed E-state index contributed by atoms with van der Waals surface area (Å²) in [6.07, 6.45) is 0.504. The van der Waals surface area contributed by atoms with E-state index in [0.717, 1.165) is 0 Å². The molecule has 0 unspecified atom stereocenters. The summed E-state index contributed by atoms with van der Waals surface area (Å²) >= 11 is 11.7. The van der Waals surface area contributed by atoms with Crippen LogP contribution in [0.15, 0.2) is 6.07 Å². The number of halogens is 3. The zero-order valence-electron chi connectivity index (χ0n) is 8.48. The predicted molar refractivity (Wildman–Crippen MR) is 67.4 cm³/mol. The fraction of sp³-hybridized carbons (Fsp3) is 0.333. The molecule has 1 aliphatic rings. The molecule has 0 aromatic heterocycles. The number of benzene rings is 1. The molecule has 2 rings (SSSR count). The van der Waals surface area contributed by atoms with Crippen molar-refractivity contribution >= 4 is 41.3 Å². The Balaban J connectivity index is 0.00000144. The zero-order chi connectivity index (χ0) is 11.9. The SMILES string of the molecule is Cl.N[C@H]1CCOc2c(Cl)cc(Cl)c([N+](=O)[O-])c21. The Labute approximate surface area is 113 Å². The number of nitro groups is 1. The van der Waals surface area contributed by atoms with Crippen LogP contribution in [0.1, 0.15) is 18.0 Å². The van der Waals surface area contributed by atoms with Gasteiger partial charge in [0.1, 0.15) is 10.8 Å². The molecular weight excluding hydrogens is 290 g/mol. The minimum atomic E-state index is -0.563. The molecular formula is C9H9Cl3N2O3. The number of nitrogens with two attached hydrogens (primary N) is 1. The maximum Gasteiger partial charge on any atom is 0.296 e. The van der Waals surface area contributed by atoms with Crippen molar-refractivity contribution in [2.24, 2.45) is 5.73 Å². The maximum absolute atomic E-state index is 10.9. The molecule has 2 N–H and O–H groups in total. The highest BCUT2D eigenvalue weighted by Gasteiger charge is 2.32. The molecule has 1 aliphatic heterocycles. The molecule has 1 aromatic rings. The van der Waals surface area contributed by atoms with Gasteiger partial charge in [-0.1, -0.05) is 23.2 Å². The van der Waals surface area contributed by atoms with Gasteiger partial charge in [0.25, 0.3) is 5.69 Å². The first-order valence-electron chi connectivity index (χ1n) is 4.57. The molecule has 1 aromatic carbocycles. The number of hydrogen-bond acceptors (Lipinski definition) is 4. The molecule has 5 nitrogen and oxygen atoms in total. The molecule has 0 radical (unpaired) electrons. The summed E-state index contributed by atoms with van der Waals surface area (Å²) in [7, 11) is 0. The van der Waals surface area contributed by atoms with E-state index in [1.165, 1.54) is 6.07 Å². The molecule has 17 heavy (non-hydrogen) atoms. The van der Waals surface area contributed by atoms with Gasteiger partial charge in [-0.05, 0) is 6.07 Å². The summed E-state index contributed by atoms with van der Waals surface area (Å²) in [5.41, 5.74) is 5.89. The van der Waals surface area contributed by atoms with Gasteiger partial charge in [-0.25, -0.2) is 0 Å². The van der Waals surface area contributed by atoms with Gasteiger partial charge in [0.05, 0.1) is 22.1 Å². The third-order valence-electron chi connectivity index (χ3n) is 2.42. The highest BCUT2D eigenvalue weighted by Crippen LogP contribution is 2.46. The average molecular weight is 300 g/mol. The highest BCUT2D eigenvalue weighted by molar-refractivity contribution is 6.37. The van der Waals surface area contributed by atoms with Crippen molar-refractivity contribution in [2.45, 2.75) is 12.5 Å². The van der Waals surface area contributed by atoms with Crippen LogP contribution in [0.4, 0.5) is 5.69 Å². The molecule has 0 fully saturated rings. The van der Waals surface area contributed by atoms with E-state index in [1.807, 2.05) is 0 Å². The minimum absolute atomic E-state index is 0. The number of ether oxygens (including phenoxy) is 1. The fourth-order valence-corrected chi connectivity index (χ4v) is 2.32. The van der Waals surface area contributed by atoms with Crippen LogP contribution >= 0.6 is 35.6 Å². The summed E-state index contributed by atoms with van der Waals surface area (Å²) in [5, 5.41) is 11.1. The van der Waals surface area contributed by atoms with E-state index >= 15 is 0 Å². The van der Waals surface area contributed by atoms with Crippen LogP contribution < -0.4 is 10.5 Å². The summed E-state index contributed by atoms with van der Waals surface area (Å²) in [5.74, 6) is 0.275. The standard InChI is InChI=1S/C9H8Cl2N2O3.ClH/c10-4-3-5(11)9-7(8(4)13(14)15)6(12)1-2-16-9;/h3,6H,1-2,12H2;1H/t6-;/m0./s1. The van der Waals surface area contributed by atoms with Crippen LogP contribution in [0, 0.1) is 10.1 Å². The smallest absolute Gasteiger partial charge is 0.296 e. The summed E-state index contributed by atoms with van der Waals surface area (Å²) < 4.78 is 5.30. The Morgan fingerprint density at radius 2 is 2.12 bits per heavy atom. The molecule has 0 saturated heterocycles. The lowest BCUT2D eigenvalue weighted by molar-refractivity contribution is -0.385. The minimum Gasteiger partial charge on any atom is -0.491 e. The van der Waals surface area contributed by atoms with E-state index in [-0.39, 0.29) is 39.5 Å². The molecule has 0 aliphatic carbocycles. The third-order valence-corrected chi connectivity index (χ3v) is 2.99. The van der Waals surface area contributed by atoms with E-state index < -0.39 is 11.0 Å². The van der Waals surface area contributed by atoms with Crippen LogP contribution in [-0.4, -0.2) is 11.5 Å². The van der Waals surface area contributed by atoms with Gasteiger partial charge in [-0.3, -0.25) is 10.1 Å². The van der Waals surface area contributed by atoms with Crippen molar-refractivity contribution in [3.63, 3.8) is 0 Å². The number of fused-ring (bicyclic) bond motifs is 1. The number of hydrogen-bond donors (Lipinski definition) is 1. The molecule has 0 spiro atoms. The molecule has 0 amide bonds. The van der Waals surface area contributed by atoms with Gasteiger partial charge in [0.15, 0.2) is 0 Å². The number of nitrogens with zero attached hydrogens (tertiary/aromatic N) is 1. The van der Waals surface area contributed by atoms with Crippen molar-refractivity contribution in [3.8, 4) is 5.75 Å². The fourth-order valence-electron chi connectivity index (χ4n) is 1.72. The third kappa shape index (κ3) is 2.42.